The lowest BCUT2D eigenvalue weighted by Crippen LogP contribution is -2.36. The quantitative estimate of drug-likeness (QED) is 0.734. The van der Waals surface area contributed by atoms with Gasteiger partial charge in [0.25, 0.3) is 0 Å². The summed E-state index contributed by atoms with van der Waals surface area (Å²) in [5.41, 5.74) is 0.630. The van der Waals surface area contributed by atoms with Crippen molar-refractivity contribution in [3.63, 3.8) is 0 Å². The van der Waals surface area contributed by atoms with E-state index in [1.165, 1.54) is 0 Å². The number of para-hydroxylation sites is 1. The Balaban J connectivity index is 2.86. The molecule has 1 unspecified atom stereocenters. The van der Waals surface area contributed by atoms with Crippen LogP contribution >= 0.6 is 0 Å². The second-order valence-electron chi connectivity index (χ2n) is 4.60. The van der Waals surface area contributed by atoms with Crippen molar-refractivity contribution in [2.45, 2.75) is 38.1 Å². The second kappa shape index (κ2) is 8.24. The molecule has 0 aliphatic carbocycles. The van der Waals surface area contributed by atoms with Crippen LogP contribution in [0.15, 0.2) is 29.2 Å². The molecule has 1 aromatic rings. The zero-order valence-electron chi connectivity index (χ0n) is 12.3. The highest BCUT2D eigenvalue weighted by atomic mass is 32.2. The predicted molar refractivity (Wildman–Crippen MR) is 81.5 cm³/mol. The van der Waals surface area contributed by atoms with Gasteiger partial charge >= 0.3 is 0 Å². The molecule has 1 rings (SSSR count). The minimum Gasteiger partial charge on any atom is -0.384 e. The molecule has 0 radical (unpaired) electrons. The standard InChI is InChI=1S/C14H24N2O3S/c1-4-10-15-13-8-6-7-9-14(13)20(17,18)16-12(3)11-19-5-2/h6-9,12,15-16H,4-5,10-11H2,1-3H3. The predicted octanol–water partition coefficient (Wildman–Crippen LogP) is 2.21. The van der Waals surface area contributed by atoms with Crippen LogP contribution in [0.25, 0.3) is 0 Å². The van der Waals surface area contributed by atoms with Crippen molar-refractivity contribution < 1.29 is 13.2 Å². The van der Waals surface area contributed by atoms with E-state index in [0.29, 0.717) is 18.9 Å². The van der Waals surface area contributed by atoms with Gasteiger partial charge in [-0.25, -0.2) is 13.1 Å². The maximum Gasteiger partial charge on any atom is 0.242 e. The Labute approximate surface area is 121 Å². The molecule has 0 saturated carbocycles. The Morgan fingerprint density at radius 1 is 1.25 bits per heavy atom. The van der Waals surface area contributed by atoms with Gasteiger partial charge in [0.2, 0.25) is 10.0 Å². The topological polar surface area (TPSA) is 67.4 Å². The summed E-state index contributed by atoms with van der Waals surface area (Å²) in [6.07, 6.45) is 0.933. The van der Waals surface area contributed by atoms with E-state index in [-0.39, 0.29) is 10.9 Å². The van der Waals surface area contributed by atoms with Crippen LogP contribution in [0.3, 0.4) is 0 Å². The molecule has 0 spiro atoms. The monoisotopic (exact) mass is 300 g/mol. The SMILES string of the molecule is CCCNc1ccccc1S(=O)(=O)NC(C)COCC. The lowest BCUT2D eigenvalue weighted by molar-refractivity contribution is 0.133. The van der Waals surface area contributed by atoms with Crippen LogP contribution in [-0.4, -0.2) is 34.2 Å². The molecule has 114 valence electrons. The first-order valence-electron chi connectivity index (χ1n) is 6.94. The van der Waals surface area contributed by atoms with E-state index in [9.17, 15) is 8.42 Å². The van der Waals surface area contributed by atoms with E-state index >= 15 is 0 Å². The van der Waals surface area contributed by atoms with Crippen molar-refractivity contribution in [3.05, 3.63) is 24.3 Å². The first-order chi connectivity index (χ1) is 9.51. The van der Waals surface area contributed by atoms with Crippen molar-refractivity contribution in [1.82, 2.24) is 4.72 Å². The van der Waals surface area contributed by atoms with Gasteiger partial charge in [-0.3, -0.25) is 0 Å². The third-order valence-corrected chi connectivity index (χ3v) is 4.32. The third-order valence-electron chi connectivity index (χ3n) is 2.67. The minimum atomic E-state index is -3.54. The van der Waals surface area contributed by atoms with Crippen LogP contribution in [0.1, 0.15) is 27.2 Å². The summed E-state index contributed by atoms with van der Waals surface area (Å²) >= 11 is 0. The molecule has 0 fully saturated rings. The number of anilines is 1. The van der Waals surface area contributed by atoms with Crippen LogP contribution in [0.4, 0.5) is 5.69 Å². The summed E-state index contributed by atoms with van der Waals surface area (Å²) in [5, 5.41) is 3.14. The van der Waals surface area contributed by atoms with E-state index in [1.807, 2.05) is 19.9 Å². The van der Waals surface area contributed by atoms with Crippen molar-refractivity contribution in [3.8, 4) is 0 Å². The molecule has 0 aromatic heterocycles. The fourth-order valence-electron chi connectivity index (χ4n) is 1.76. The van der Waals surface area contributed by atoms with Crippen molar-refractivity contribution in [1.29, 1.82) is 0 Å². The van der Waals surface area contributed by atoms with Crippen LogP contribution in [0.2, 0.25) is 0 Å². The van der Waals surface area contributed by atoms with Crippen LogP contribution in [0.5, 0.6) is 0 Å². The van der Waals surface area contributed by atoms with Gasteiger partial charge in [-0.2, -0.15) is 0 Å². The summed E-state index contributed by atoms with van der Waals surface area (Å²) in [5.74, 6) is 0. The molecule has 0 saturated heterocycles. The van der Waals surface area contributed by atoms with Gasteiger partial charge in [-0.1, -0.05) is 19.1 Å². The van der Waals surface area contributed by atoms with Gasteiger partial charge < -0.3 is 10.1 Å². The largest absolute Gasteiger partial charge is 0.384 e. The van der Waals surface area contributed by atoms with E-state index in [4.69, 9.17) is 4.74 Å². The molecule has 6 heteroatoms. The normalized spacial score (nSPS) is 13.2. The van der Waals surface area contributed by atoms with Crippen molar-refractivity contribution in [2.24, 2.45) is 0 Å². The Morgan fingerprint density at radius 3 is 2.60 bits per heavy atom. The maximum atomic E-state index is 12.4. The fourth-order valence-corrected chi connectivity index (χ4v) is 3.18. The Bertz CT molecular complexity index is 503. The van der Waals surface area contributed by atoms with Crippen LogP contribution < -0.4 is 10.0 Å². The van der Waals surface area contributed by atoms with Gasteiger partial charge in [0.05, 0.1) is 12.3 Å². The highest BCUT2D eigenvalue weighted by Crippen LogP contribution is 2.20. The first kappa shape index (κ1) is 16.9. The number of benzene rings is 1. The first-order valence-corrected chi connectivity index (χ1v) is 8.42. The summed E-state index contributed by atoms with van der Waals surface area (Å²) in [7, 11) is -3.54. The van der Waals surface area contributed by atoms with Crippen LogP contribution in [0, 0.1) is 0 Å². The number of hydrogen-bond donors (Lipinski definition) is 2. The second-order valence-corrected chi connectivity index (χ2v) is 6.29. The number of ether oxygens (including phenoxy) is 1. The summed E-state index contributed by atoms with van der Waals surface area (Å²) < 4.78 is 32.6. The van der Waals surface area contributed by atoms with E-state index in [1.54, 1.807) is 25.1 Å². The van der Waals surface area contributed by atoms with Gasteiger partial charge in [0.15, 0.2) is 0 Å². The van der Waals surface area contributed by atoms with Crippen molar-refractivity contribution >= 4 is 15.7 Å². The third kappa shape index (κ3) is 5.11. The van der Waals surface area contributed by atoms with Crippen LogP contribution in [-0.2, 0) is 14.8 Å². The molecule has 0 bridgehead atoms. The molecular formula is C14H24N2O3S. The zero-order chi connectivity index (χ0) is 15.0. The Kier molecular flexibility index (Phi) is 6.98. The fraction of sp³-hybridized carbons (Fsp3) is 0.571. The molecule has 1 aromatic carbocycles. The lowest BCUT2D eigenvalue weighted by atomic mass is 10.3. The average Bonchev–Trinajstić information content (AvgIpc) is 2.42. The molecule has 1 atom stereocenters. The molecule has 0 aliphatic rings. The molecule has 20 heavy (non-hydrogen) atoms. The smallest absolute Gasteiger partial charge is 0.242 e. The maximum absolute atomic E-state index is 12.4. The lowest BCUT2D eigenvalue weighted by Gasteiger charge is -2.16. The van der Waals surface area contributed by atoms with Gasteiger partial charge in [0, 0.05) is 19.2 Å². The molecule has 5 nitrogen and oxygen atoms in total. The van der Waals surface area contributed by atoms with E-state index < -0.39 is 10.0 Å². The molecule has 0 amide bonds. The Hall–Kier alpha value is -1.11. The summed E-state index contributed by atoms with van der Waals surface area (Å²) in [4.78, 5) is 0.275. The number of nitrogens with one attached hydrogen (secondary N) is 2. The summed E-state index contributed by atoms with van der Waals surface area (Å²) in [6, 6.07) is 6.66. The van der Waals surface area contributed by atoms with Gasteiger partial charge in [-0.15, -0.1) is 0 Å². The summed E-state index contributed by atoms with van der Waals surface area (Å²) in [6.45, 7) is 7.37. The minimum absolute atomic E-state index is 0.265. The average molecular weight is 300 g/mol. The van der Waals surface area contributed by atoms with E-state index in [2.05, 4.69) is 10.0 Å². The van der Waals surface area contributed by atoms with Gasteiger partial charge in [-0.05, 0) is 32.4 Å². The van der Waals surface area contributed by atoms with E-state index in [0.717, 1.165) is 13.0 Å². The molecule has 0 heterocycles. The highest BCUT2D eigenvalue weighted by Gasteiger charge is 2.20. The highest BCUT2D eigenvalue weighted by molar-refractivity contribution is 7.89. The Morgan fingerprint density at radius 2 is 1.95 bits per heavy atom. The molecular weight excluding hydrogens is 276 g/mol. The number of rotatable bonds is 9. The molecule has 0 aliphatic heterocycles. The molecule has 2 N–H and O–H groups in total. The number of hydrogen-bond acceptors (Lipinski definition) is 4. The van der Waals surface area contributed by atoms with Gasteiger partial charge in [0.1, 0.15) is 4.90 Å². The number of sulfonamides is 1. The zero-order valence-corrected chi connectivity index (χ0v) is 13.2. The van der Waals surface area contributed by atoms with Crippen molar-refractivity contribution in [2.75, 3.05) is 25.1 Å².